The first-order chi connectivity index (χ1) is 12.9. The van der Waals surface area contributed by atoms with Crippen LogP contribution in [0.15, 0.2) is 65.1 Å². The third kappa shape index (κ3) is 5.03. The molecule has 0 unspecified atom stereocenters. The van der Waals surface area contributed by atoms with Crippen molar-refractivity contribution in [3.63, 3.8) is 0 Å². The van der Waals surface area contributed by atoms with Crippen molar-refractivity contribution in [3.8, 4) is 11.3 Å². The lowest BCUT2D eigenvalue weighted by atomic mass is 10.0. The van der Waals surface area contributed by atoms with Gasteiger partial charge in [0.05, 0.1) is 0 Å². The van der Waals surface area contributed by atoms with Gasteiger partial charge in [0.1, 0.15) is 11.5 Å². The molecule has 0 saturated carbocycles. The molecule has 0 bridgehead atoms. The minimum absolute atomic E-state index is 0.216. The average molecular weight is 400 g/mol. The fraction of sp³-hybridized carbons (Fsp3) is 0.136. The number of amides is 1. The van der Waals surface area contributed by atoms with Gasteiger partial charge in [0, 0.05) is 27.4 Å². The second-order valence-electron chi connectivity index (χ2n) is 6.42. The third-order valence-corrected chi connectivity index (χ3v) is 4.45. The molecule has 0 atom stereocenters. The van der Waals surface area contributed by atoms with E-state index in [1.54, 1.807) is 30.3 Å². The van der Waals surface area contributed by atoms with Crippen LogP contribution in [-0.4, -0.2) is 5.91 Å². The average Bonchev–Trinajstić information content (AvgIpc) is 3.08. The Morgan fingerprint density at radius 2 is 1.74 bits per heavy atom. The summed E-state index contributed by atoms with van der Waals surface area (Å²) in [5, 5.41) is 3.99. The molecule has 5 heteroatoms. The van der Waals surface area contributed by atoms with Crippen molar-refractivity contribution in [2.45, 2.75) is 19.8 Å². The summed E-state index contributed by atoms with van der Waals surface area (Å²) in [5.41, 5.74) is 2.69. The lowest BCUT2D eigenvalue weighted by Gasteiger charge is -2.12. The number of hydrogen-bond acceptors (Lipinski definition) is 2. The molecule has 0 fully saturated rings. The molecule has 138 valence electrons. The molecule has 0 radical (unpaired) electrons. The largest absolute Gasteiger partial charge is 0.457 e. The van der Waals surface area contributed by atoms with Crippen molar-refractivity contribution >= 4 is 40.9 Å². The van der Waals surface area contributed by atoms with E-state index in [9.17, 15) is 4.79 Å². The molecule has 1 aromatic heterocycles. The number of furan rings is 1. The van der Waals surface area contributed by atoms with Crippen LogP contribution in [0, 0.1) is 0 Å². The Balaban J connectivity index is 1.72. The molecule has 0 saturated heterocycles. The Labute approximate surface area is 168 Å². The predicted octanol–water partition coefficient (Wildman–Crippen LogP) is 7.03. The SMILES string of the molecule is CC(C)c1ccccc1NC(=O)/C=C/c1ccc(-c2cc(Cl)cc(Cl)c2)o1. The molecule has 1 heterocycles. The Hall–Kier alpha value is -2.49. The van der Waals surface area contributed by atoms with Crippen molar-refractivity contribution in [1.29, 1.82) is 0 Å². The highest BCUT2D eigenvalue weighted by molar-refractivity contribution is 6.35. The van der Waals surface area contributed by atoms with Gasteiger partial charge in [0.2, 0.25) is 5.91 Å². The van der Waals surface area contributed by atoms with Crippen molar-refractivity contribution in [1.82, 2.24) is 0 Å². The summed E-state index contributed by atoms with van der Waals surface area (Å²) >= 11 is 12.1. The summed E-state index contributed by atoms with van der Waals surface area (Å²) in [6.07, 6.45) is 3.08. The molecule has 2 aromatic carbocycles. The first-order valence-corrected chi connectivity index (χ1v) is 9.32. The topological polar surface area (TPSA) is 42.2 Å². The third-order valence-electron chi connectivity index (χ3n) is 4.01. The van der Waals surface area contributed by atoms with Gasteiger partial charge < -0.3 is 9.73 Å². The van der Waals surface area contributed by atoms with Crippen LogP contribution in [0.2, 0.25) is 10.0 Å². The van der Waals surface area contributed by atoms with E-state index >= 15 is 0 Å². The Bertz CT molecular complexity index is 969. The number of carbonyl (C=O) groups excluding carboxylic acids is 1. The Morgan fingerprint density at radius 1 is 1.04 bits per heavy atom. The van der Waals surface area contributed by atoms with Crippen LogP contribution in [0.5, 0.6) is 0 Å². The zero-order valence-corrected chi connectivity index (χ0v) is 16.5. The van der Waals surface area contributed by atoms with Crippen molar-refractivity contribution in [3.05, 3.63) is 82.0 Å². The smallest absolute Gasteiger partial charge is 0.248 e. The number of anilines is 1. The number of para-hydroxylation sites is 1. The molecule has 0 aliphatic heterocycles. The molecule has 1 amide bonds. The monoisotopic (exact) mass is 399 g/mol. The van der Waals surface area contributed by atoms with Crippen LogP contribution >= 0.6 is 23.2 Å². The van der Waals surface area contributed by atoms with Gasteiger partial charge in [-0.05, 0) is 54.0 Å². The number of nitrogens with one attached hydrogen (secondary N) is 1. The minimum Gasteiger partial charge on any atom is -0.457 e. The molecule has 0 aliphatic rings. The van der Waals surface area contributed by atoms with Crippen molar-refractivity contribution < 1.29 is 9.21 Å². The maximum absolute atomic E-state index is 12.3. The van der Waals surface area contributed by atoms with Crippen molar-refractivity contribution in [2.24, 2.45) is 0 Å². The number of carbonyl (C=O) groups is 1. The van der Waals surface area contributed by atoms with Gasteiger partial charge in [-0.15, -0.1) is 0 Å². The van der Waals surface area contributed by atoms with Gasteiger partial charge in [-0.2, -0.15) is 0 Å². The predicted molar refractivity (Wildman–Crippen MR) is 112 cm³/mol. The van der Waals surface area contributed by atoms with E-state index < -0.39 is 0 Å². The van der Waals surface area contributed by atoms with Crippen LogP contribution in [0.25, 0.3) is 17.4 Å². The molecular weight excluding hydrogens is 381 g/mol. The normalized spacial score (nSPS) is 11.3. The zero-order chi connectivity index (χ0) is 19.4. The standard InChI is InChI=1S/C22H19Cl2NO2/c1-14(2)19-5-3-4-6-20(19)25-22(26)10-8-18-7-9-21(27-18)15-11-16(23)13-17(24)12-15/h3-14H,1-2H3,(H,25,26)/b10-8+. The summed E-state index contributed by atoms with van der Waals surface area (Å²) in [4.78, 5) is 12.3. The Kier molecular flexibility index (Phi) is 6.04. The maximum atomic E-state index is 12.3. The van der Waals surface area contributed by atoms with Gasteiger partial charge in [-0.1, -0.05) is 55.2 Å². The van der Waals surface area contributed by atoms with E-state index in [0.717, 1.165) is 16.8 Å². The summed E-state index contributed by atoms with van der Waals surface area (Å²) in [5.74, 6) is 1.30. The van der Waals surface area contributed by atoms with Gasteiger partial charge in [0.25, 0.3) is 0 Å². The van der Waals surface area contributed by atoms with Crippen LogP contribution in [0.4, 0.5) is 5.69 Å². The lowest BCUT2D eigenvalue weighted by Crippen LogP contribution is -2.10. The second-order valence-corrected chi connectivity index (χ2v) is 7.30. The summed E-state index contributed by atoms with van der Waals surface area (Å²) < 4.78 is 5.76. The summed E-state index contributed by atoms with van der Waals surface area (Å²) in [6.45, 7) is 4.18. The molecule has 1 N–H and O–H groups in total. The zero-order valence-electron chi connectivity index (χ0n) is 15.0. The first-order valence-electron chi connectivity index (χ1n) is 8.56. The number of rotatable bonds is 5. The van der Waals surface area contributed by atoms with E-state index in [0.29, 0.717) is 27.5 Å². The van der Waals surface area contributed by atoms with Gasteiger partial charge >= 0.3 is 0 Å². The van der Waals surface area contributed by atoms with Crippen LogP contribution in [0.1, 0.15) is 31.1 Å². The molecular formula is C22H19Cl2NO2. The van der Waals surface area contributed by atoms with E-state index in [2.05, 4.69) is 19.2 Å². The highest BCUT2D eigenvalue weighted by Gasteiger charge is 2.08. The highest BCUT2D eigenvalue weighted by Crippen LogP contribution is 2.29. The van der Waals surface area contributed by atoms with Gasteiger partial charge in [-0.25, -0.2) is 0 Å². The number of halogens is 2. The molecule has 3 nitrogen and oxygen atoms in total. The fourth-order valence-corrected chi connectivity index (χ4v) is 3.27. The Morgan fingerprint density at radius 3 is 2.44 bits per heavy atom. The highest BCUT2D eigenvalue weighted by atomic mass is 35.5. The van der Waals surface area contributed by atoms with E-state index in [4.69, 9.17) is 27.6 Å². The van der Waals surface area contributed by atoms with Gasteiger partial charge in [-0.3, -0.25) is 4.79 Å². The maximum Gasteiger partial charge on any atom is 0.248 e. The van der Waals surface area contributed by atoms with Crippen LogP contribution in [0.3, 0.4) is 0 Å². The number of benzene rings is 2. The van der Waals surface area contributed by atoms with E-state index in [1.807, 2.05) is 30.3 Å². The van der Waals surface area contributed by atoms with Crippen molar-refractivity contribution in [2.75, 3.05) is 5.32 Å². The van der Waals surface area contributed by atoms with Gasteiger partial charge in [0.15, 0.2) is 0 Å². The first kappa shape index (κ1) is 19.3. The summed E-state index contributed by atoms with van der Waals surface area (Å²) in [6, 6.07) is 16.6. The van der Waals surface area contributed by atoms with Crippen LogP contribution < -0.4 is 5.32 Å². The van der Waals surface area contributed by atoms with E-state index in [-0.39, 0.29) is 5.91 Å². The second kappa shape index (κ2) is 8.47. The minimum atomic E-state index is -0.216. The molecule has 27 heavy (non-hydrogen) atoms. The molecule has 0 spiro atoms. The quantitative estimate of drug-likeness (QED) is 0.467. The summed E-state index contributed by atoms with van der Waals surface area (Å²) in [7, 11) is 0. The van der Waals surface area contributed by atoms with Crippen LogP contribution in [-0.2, 0) is 4.79 Å². The number of hydrogen-bond donors (Lipinski definition) is 1. The molecule has 0 aliphatic carbocycles. The molecule has 3 aromatic rings. The lowest BCUT2D eigenvalue weighted by molar-refractivity contribution is -0.111. The van der Waals surface area contributed by atoms with E-state index in [1.165, 1.54) is 6.08 Å². The molecule has 3 rings (SSSR count). The fourth-order valence-electron chi connectivity index (χ4n) is 2.74.